The van der Waals surface area contributed by atoms with Crippen LogP contribution in [-0.2, 0) is 9.53 Å². The van der Waals surface area contributed by atoms with Crippen LogP contribution < -0.4 is 10.6 Å². The van der Waals surface area contributed by atoms with Gasteiger partial charge in [0.2, 0.25) is 5.95 Å². The smallest absolute Gasteiger partial charge is 0.354 e. The number of rotatable bonds is 8. The van der Waals surface area contributed by atoms with Crippen molar-refractivity contribution in [2.24, 2.45) is 11.7 Å². The first kappa shape index (κ1) is 23.5. The number of aryl methyl sites for hydroxylation is 2. The lowest BCUT2D eigenvalue weighted by Crippen LogP contribution is -2.46. The Morgan fingerprint density at radius 1 is 1.09 bits per heavy atom. The number of piperidine rings is 1. The topological polar surface area (TPSA) is 119 Å². The number of ether oxygens (including phenoxy) is 1. The van der Waals surface area contributed by atoms with E-state index in [4.69, 9.17) is 10.5 Å². The second-order valence-electron chi connectivity index (χ2n) is 10.0. The molecule has 2 unspecified atom stereocenters. The third-order valence-corrected chi connectivity index (χ3v) is 7.45. The third kappa shape index (κ3) is 4.80. The van der Waals surface area contributed by atoms with Crippen molar-refractivity contribution in [1.29, 1.82) is 0 Å². The van der Waals surface area contributed by atoms with Gasteiger partial charge in [-0.2, -0.15) is 0 Å². The minimum Gasteiger partial charge on any atom is -0.477 e. The maximum atomic E-state index is 13.1. The molecule has 2 aromatic rings. The van der Waals surface area contributed by atoms with E-state index in [0.29, 0.717) is 22.9 Å². The highest BCUT2D eigenvalue weighted by atomic mass is 16.5. The van der Waals surface area contributed by atoms with Gasteiger partial charge in [-0.3, -0.25) is 4.79 Å². The molecule has 1 aromatic heterocycles. The summed E-state index contributed by atoms with van der Waals surface area (Å²) in [6, 6.07) is 9.71. The number of nitrogens with two attached hydrogens (primary N) is 1. The molecule has 35 heavy (non-hydrogen) atoms. The average molecular weight is 477 g/mol. The van der Waals surface area contributed by atoms with Crippen molar-refractivity contribution in [2.45, 2.75) is 70.6 Å². The zero-order valence-electron chi connectivity index (χ0n) is 20.2. The van der Waals surface area contributed by atoms with E-state index in [-0.39, 0.29) is 42.2 Å². The van der Waals surface area contributed by atoms with Crippen molar-refractivity contribution in [2.75, 3.05) is 11.5 Å². The van der Waals surface area contributed by atoms with Crippen LogP contribution in [0.25, 0.3) is 5.70 Å². The Hall–Kier alpha value is -3.26. The fourth-order valence-corrected chi connectivity index (χ4v) is 5.48. The largest absolute Gasteiger partial charge is 0.477 e. The molecule has 3 N–H and O–H groups in total. The van der Waals surface area contributed by atoms with Crippen LogP contribution in [0.3, 0.4) is 0 Å². The lowest BCUT2D eigenvalue weighted by molar-refractivity contribution is -0.117. The molecule has 3 fully saturated rings. The Bertz CT molecular complexity index is 1180. The van der Waals surface area contributed by atoms with Crippen molar-refractivity contribution < 1.29 is 19.4 Å². The number of anilines is 1. The fraction of sp³-hybridized carbons (Fsp3) is 0.481. The van der Waals surface area contributed by atoms with Gasteiger partial charge in [0.05, 0.1) is 12.7 Å². The number of ketones is 1. The highest BCUT2D eigenvalue weighted by molar-refractivity contribution is 6.05. The van der Waals surface area contributed by atoms with E-state index in [0.717, 1.165) is 49.7 Å². The molecule has 8 heteroatoms. The van der Waals surface area contributed by atoms with E-state index in [1.807, 2.05) is 31.2 Å². The van der Waals surface area contributed by atoms with Gasteiger partial charge in [0.15, 0.2) is 11.5 Å². The van der Waals surface area contributed by atoms with E-state index < -0.39 is 5.97 Å². The highest BCUT2D eigenvalue weighted by Crippen LogP contribution is 2.40. The summed E-state index contributed by atoms with van der Waals surface area (Å²) in [7, 11) is 0. The monoisotopic (exact) mass is 476 g/mol. The predicted molar refractivity (Wildman–Crippen MR) is 132 cm³/mol. The minimum atomic E-state index is -1.05. The van der Waals surface area contributed by atoms with E-state index in [1.54, 1.807) is 6.92 Å². The number of carbonyl (C=O) groups is 2. The van der Waals surface area contributed by atoms with Gasteiger partial charge in [-0.05, 0) is 64.0 Å². The number of aromatic carboxylic acids is 1. The van der Waals surface area contributed by atoms with E-state index in [9.17, 15) is 14.7 Å². The Labute approximate surface area is 205 Å². The molecule has 3 aliphatic rings. The van der Waals surface area contributed by atoms with Gasteiger partial charge < -0.3 is 20.5 Å². The molecule has 3 atom stereocenters. The third-order valence-electron chi connectivity index (χ3n) is 7.45. The molecule has 0 spiro atoms. The SMILES string of the molecule is Cc1cc(C(=O)O)nc(N2C3CC[C@H]2CC(OCC(C(=O)C2CC2)=C(N)c2ccccc2C)C3)n1. The number of aromatic nitrogens is 2. The summed E-state index contributed by atoms with van der Waals surface area (Å²) in [5.74, 6) is -0.383. The molecule has 1 aliphatic carbocycles. The zero-order chi connectivity index (χ0) is 24.7. The molecule has 0 amide bonds. The number of hydrogen-bond acceptors (Lipinski definition) is 7. The molecule has 2 bridgehead atoms. The molecule has 0 radical (unpaired) electrons. The molecule has 1 saturated carbocycles. The van der Waals surface area contributed by atoms with Crippen molar-refractivity contribution in [3.63, 3.8) is 0 Å². The van der Waals surface area contributed by atoms with E-state index in [1.165, 1.54) is 6.07 Å². The molecule has 5 rings (SSSR count). The minimum absolute atomic E-state index is 0.000762. The summed E-state index contributed by atoms with van der Waals surface area (Å²) in [4.78, 5) is 35.6. The van der Waals surface area contributed by atoms with Gasteiger partial charge in [0, 0.05) is 40.5 Å². The quantitative estimate of drug-likeness (QED) is 0.554. The van der Waals surface area contributed by atoms with Crippen molar-refractivity contribution in [3.8, 4) is 0 Å². The molecule has 3 heterocycles. The summed E-state index contributed by atoms with van der Waals surface area (Å²) in [5.41, 5.74) is 10.2. The van der Waals surface area contributed by atoms with E-state index in [2.05, 4.69) is 14.9 Å². The number of fused-ring (bicyclic) bond motifs is 2. The summed E-state index contributed by atoms with van der Waals surface area (Å²) < 4.78 is 6.36. The van der Waals surface area contributed by atoms with Crippen LogP contribution in [0.15, 0.2) is 35.9 Å². The average Bonchev–Trinajstić information content (AvgIpc) is 3.64. The van der Waals surface area contributed by atoms with Gasteiger partial charge in [0.25, 0.3) is 0 Å². The van der Waals surface area contributed by atoms with Gasteiger partial charge in [0.1, 0.15) is 0 Å². The summed E-state index contributed by atoms with van der Waals surface area (Å²) >= 11 is 0. The first-order valence-corrected chi connectivity index (χ1v) is 12.4. The number of Topliss-reactive ketones (excluding diaryl/α,β-unsaturated/α-hetero) is 1. The molecule has 8 nitrogen and oxygen atoms in total. The Kier molecular flexibility index (Phi) is 6.32. The maximum absolute atomic E-state index is 13.1. The number of nitrogens with zero attached hydrogens (tertiary/aromatic N) is 3. The number of hydrogen-bond donors (Lipinski definition) is 2. The summed E-state index contributed by atoms with van der Waals surface area (Å²) in [6.07, 6.45) is 5.37. The number of carboxylic acids is 1. The molecule has 2 saturated heterocycles. The number of carboxylic acid groups (broad SMARTS) is 1. The normalized spacial score (nSPS) is 24.3. The molecular formula is C27H32N4O4. The fourth-order valence-electron chi connectivity index (χ4n) is 5.48. The second kappa shape index (κ2) is 9.41. The first-order valence-electron chi connectivity index (χ1n) is 12.4. The standard InChI is InChI=1S/C27H32N4O4/c1-15-5-3-4-6-21(15)24(28)22(25(32)17-7-8-17)14-35-20-12-18-9-10-19(13-20)31(18)27-29-16(2)11-23(30-27)26(33)34/h3-6,11,17-20H,7-10,12-14,28H2,1-2H3,(H,33,34)/t18-,19?,20?/m0/s1. The lowest BCUT2D eigenvalue weighted by atomic mass is 9.97. The van der Waals surface area contributed by atoms with Crippen molar-refractivity contribution >= 4 is 23.4 Å². The van der Waals surface area contributed by atoms with Crippen molar-refractivity contribution in [1.82, 2.24) is 9.97 Å². The Morgan fingerprint density at radius 2 is 1.77 bits per heavy atom. The van der Waals surface area contributed by atoms with Gasteiger partial charge in [-0.25, -0.2) is 14.8 Å². The van der Waals surface area contributed by atoms with Crippen LogP contribution in [0.5, 0.6) is 0 Å². The van der Waals surface area contributed by atoms with Crippen LogP contribution in [0, 0.1) is 19.8 Å². The number of carbonyl (C=O) groups excluding carboxylic acids is 1. The van der Waals surface area contributed by atoms with Gasteiger partial charge in [-0.1, -0.05) is 24.3 Å². The molecule has 184 valence electrons. The first-order chi connectivity index (χ1) is 16.8. The Balaban J connectivity index is 1.32. The predicted octanol–water partition coefficient (Wildman–Crippen LogP) is 3.66. The summed E-state index contributed by atoms with van der Waals surface area (Å²) in [5, 5.41) is 9.41. The highest BCUT2D eigenvalue weighted by Gasteiger charge is 2.43. The van der Waals surface area contributed by atoms with Crippen LogP contribution >= 0.6 is 0 Å². The van der Waals surface area contributed by atoms with Gasteiger partial charge >= 0.3 is 5.97 Å². The van der Waals surface area contributed by atoms with Crippen LogP contribution in [-0.4, -0.2) is 51.6 Å². The van der Waals surface area contributed by atoms with Crippen LogP contribution in [0.1, 0.15) is 65.8 Å². The summed E-state index contributed by atoms with van der Waals surface area (Å²) in [6.45, 7) is 4.00. The lowest BCUT2D eigenvalue weighted by Gasteiger charge is -2.39. The molecule has 2 aliphatic heterocycles. The molecular weight excluding hydrogens is 444 g/mol. The Morgan fingerprint density at radius 3 is 2.40 bits per heavy atom. The zero-order valence-corrected chi connectivity index (χ0v) is 20.2. The maximum Gasteiger partial charge on any atom is 0.354 e. The van der Waals surface area contributed by atoms with Gasteiger partial charge in [-0.15, -0.1) is 0 Å². The molecule has 1 aromatic carbocycles. The van der Waals surface area contributed by atoms with Crippen molar-refractivity contribution in [3.05, 3.63) is 58.4 Å². The van der Waals surface area contributed by atoms with E-state index >= 15 is 0 Å². The van der Waals surface area contributed by atoms with Crippen LogP contribution in [0.2, 0.25) is 0 Å². The second-order valence-corrected chi connectivity index (χ2v) is 10.0. The number of benzene rings is 1. The van der Waals surface area contributed by atoms with Crippen LogP contribution in [0.4, 0.5) is 5.95 Å².